The molecule has 1 fully saturated rings. The van der Waals surface area contributed by atoms with Crippen molar-refractivity contribution >= 4 is 22.6 Å². The van der Waals surface area contributed by atoms with E-state index >= 15 is 0 Å². The van der Waals surface area contributed by atoms with Crippen LogP contribution in [0.15, 0.2) is 30.7 Å². The first-order valence-corrected chi connectivity index (χ1v) is 9.54. The molecular weight excluding hydrogens is 399 g/mol. The van der Waals surface area contributed by atoms with E-state index in [1.54, 1.807) is 36.1 Å². The fourth-order valence-corrected chi connectivity index (χ4v) is 3.14. The van der Waals surface area contributed by atoms with E-state index in [9.17, 15) is 18.0 Å². The van der Waals surface area contributed by atoms with Gasteiger partial charge in [-0.1, -0.05) is 0 Å². The summed E-state index contributed by atoms with van der Waals surface area (Å²) in [6, 6.07) is 3.46. The molecule has 3 aromatic rings. The van der Waals surface area contributed by atoms with Crippen LogP contribution in [0.2, 0.25) is 0 Å². The van der Waals surface area contributed by atoms with Crippen molar-refractivity contribution in [2.45, 2.75) is 38.9 Å². The lowest BCUT2D eigenvalue weighted by Crippen LogP contribution is -2.20. The van der Waals surface area contributed by atoms with Crippen LogP contribution >= 0.6 is 0 Å². The number of aromatic nitrogens is 4. The second kappa shape index (κ2) is 7.92. The summed E-state index contributed by atoms with van der Waals surface area (Å²) in [5, 5.41) is 8.06. The van der Waals surface area contributed by atoms with E-state index in [2.05, 4.69) is 20.4 Å². The smallest absolute Gasteiger partial charge is 0.422 e. The lowest BCUT2D eigenvalue weighted by Gasteiger charge is -2.11. The quantitative estimate of drug-likeness (QED) is 0.629. The van der Waals surface area contributed by atoms with Gasteiger partial charge in [0, 0.05) is 30.6 Å². The zero-order chi connectivity index (χ0) is 21.3. The van der Waals surface area contributed by atoms with Crippen LogP contribution in [-0.2, 0) is 11.3 Å². The maximum atomic E-state index is 12.3. The standard InChI is InChI=1S/C20H20F3N5O2/c1-12-6-14(8-25-19(12)30-11-20(21,22)23)9-28-10-15-16(27-28)4-5-24-18(15)26-17(29)7-13-2-3-13/h4-6,8,10,13H,2-3,7,9,11H2,1H3,(H,24,26,29). The van der Waals surface area contributed by atoms with Crippen LogP contribution in [0.3, 0.4) is 0 Å². The average molecular weight is 419 g/mol. The van der Waals surface area contributed by atoms with E-state index in [0.717, 1.165) is 23.8 Å². The fourth-order valence-electron chi connectivity index (χ4n) is 3.14. The third-order valence-electron chi connectivity index (χ3n) is 4.71. The zero-order valence-electron chi connectivity index (χ0n) is 16.2. The predicted molar refractivity (Wildman–Crippen MR) is 103 cm³/mol. The molecule has 1 amide bonds. The van der Waals surface area contributed by atoms with Gasteiger partial charge < -0.3 is 10.1 Å². The summed E-state index contributed by atoms with van der Waals surface area (Å²) in [5.41, 5.74) is 1.94. The number of carbonyl (C=O) groups is 1. The topological polar surface area (TPSA) is 81.9 Å². The Bertz CT molecular complexity index is 1080. The molecule has 0 radical (unpaired) electrons. The van der Waals surface area contributed by atoms with Gasteiger partial charge >= 0.3 is 6.18 Å². The molecule has 0 bridgehead atoms. The van der Waals surface area contributed by atoms with Gasteiger partial charge in [0.2, 0.25) is 11.8 Å². The predicted octanol–water partition coefficient (Wildman–Crippen LogP) is 3.86. The van der Waals surface area contributed by atoms with E-state index < -0.39 is 12.8 Å². The van der Waals surface area contributed by atoms with E-state index in [1.165, 1.54) is 6.20 Å². The van der Waals surface area contributed by atoms with Gasteiger partial charge in [0.15, 0.2) is 6.61 Å². The molecule has 1 aliphatic carbocycles. The molecule has 4 rings (SSSR count). The summed E-state index contributed by atoms with van der Waals surface area (Å²) in [6.45, 7) is 0.615. The van der Waals surface area contributed by atoms with Gasteiger partial charge in [-0.2, -0.15) is 18.3 Å². The SMILES string of the molecule is Cc1cc(Cn2cc3c(NC(=O)CC4CC4)nccc3n2)cnc1OCC(F)(F)F. The molecule has 7 nitrogen and oxygen atoms in total. The minimum Gasteiger partial charge on any atom is -0.468 e. The first kappa shape index (κ1) is 20.1. The van der Waals surface area contributed by atoms with Crippen LogP contribution < -0.4 is 10.1 Å². The zero-order valence-corrected chi connectivity index (χ0v) is 16.2. The largest absolute Gasteiger partial charge is 0.468 e. The molecule has 0 saturated heterocycles. The van der Waals surface area contributed by atoms with Gasteiger partial charge in [-0.3, -0.25) is 9.48 Å². The van der Waals surface area contributed by atoms with E-state index in [4.69, 9.17) is 4.74 Å². The molecular formula is C20H20F3N5O2. The van der Waals surface area contributed by atoms with Gasteiger partial charge in [0.05, 0.1) is 17.4 Å². The minimum absolute atomic E-state index is 0.0495. The maximum absolute atomic E-state index is 12.3. The van der Waals surface area contributed by atoms with Crippen LogP contribution in [0, 0.1) is 12.8 Å². The van der Waals surface area contributed by atoms with Crippen LogP contribution in [0.25, 0.3) is 10.9 Å². The molecule has 0 spiro atoms. The molecule has 0 aromatic carbocycles. The van der Waals surface area contributed by atoms with Crippen molar-refractivity contribution in [3.63, 3.8) is 0 Å². The highest BCUT2D eigenvalue weighted by molar-refractivity contribution is 5.99. The van der Waals surface area contributed by atoms with Crippen molar-refractivity contribution in [2.24, 2.45) is 5.92 Å². The number of ether oxygens (including phenoxy) is 1. The molecule has 1 saturated carbocycles. The van der Waals surface area contributed by atoms with E-state index in [-0.39, 0.29) is 11.8 Å². The number of halogens is 3. The number of alkyl halides is 3. The number of aryl methyl sites for hydroxylation is 1. The van der Waals surface area contributed by atoms with Gasteiger partial charge in [-0.15, -0.1) is 0 Å². The number of pyridine rings is 2. The minimum atomic E-state index is -4.41. The Hall–Kier alpha value is -3.17. The van der Waals surface area contributed by atoms with Crippen LogP contribution in [0.5, 0.6) is 5.88 Å². The van der Waals surface area contributed by atoms with Crippen molar-refractivity contribution in [1.29, 1.82) is 0 Å². The summed E-state index contributed by atoms with van der Waals surface area (Å²) < 4.78 is 43.4. The number of nitrogens with one attached hydrogen (secondary N) is 1. The van der Waals surface area contributed by atoms with E-state index in [1.807, 2.05) is 0 Å². The summed E-state index contributed by atoms with van der Waals surface area (Å²) >= 11 is 0. The molecule has 1 N–H and O–H groups in total. The summed E-state index contributed by atoms with van der Waals surface area (Å²) in [5.74, 6) is 0.839. The number of carbonyl (C=O) groups excluding carboxylic acids is 1. The Balaban J connectivity index is 1.48. The van der Waals surface area contributed by atoms with E-state index in [0.29, 0.717) is 35.8 Å². The van der Waals surface area contributed by atoms with Crippen molar-refractivity contribution in [1.82, 2.24) is 19.7 Å². The molecule has 3 heterocycles. The first-order chi connectivity index (χ1) is 14.3. The molecule has 0 aliphatic heterocycles. The maximum Gasteiger partial charge on any atom is 0.422 e. The number of hydrogen-bond donors (Lipinski definition) is 1. The lowest BCUT2D eigenvalue weighted by atomic mass is 10.2. The highest BCUT2D eigenvalue weighted by Gasteiger charge is 2.29. The Morgan fingerprint density at radius 1 is 1.33 bits per heavy atom. The molecule has 0 unspecified atom stereocenters. The number of hydrogen-bond acceptors (Lipinski definition) is 5. The molecule has 0 atom stereocenters. The van der Waals surface area contributed by atoms with Gasteiger partial charge in [0.25, 0.3) is 0 Å². The fraction of sp³-hybridized carbons (Fsp3) is 0.400. The highest BCUT2D eigenvalue weighted by Crippen LogP contribution is 2.32. The second-order valence-corrected chi connectivity index (χ2v) is 7.48. The van der Waals surface area contributed by atoms with Crippen molar-refractivity contribution < 1.29 is 22.7 Å². The Labute approximate surface area is 170 Å². The Kier molecular flexibility index (Phi) is 5.31. The van der Waals surface area contributed by atoms with Crippen LogP contribution in [-0.4, -0.2) is 38.4 Å². The van der Waals surface area contributed by atoms with Crippen molar-refractivity contribution in [2.75, 3.05) is 11.9 Å². The van der Waals surface area contributed by atoms with Gasteiger partial charge in [0.1, 0.15) is 5.82 Å². The van der Waals surface area contributed by atoms with Crippen LogP contribution in [0.4, 0.5) is 19.0 Å². The summed E-state index contributed by atoms with van der Waals surface area (Å²) in [7, 11) is 0. The molecule has 3 aromatic heterocycles. The third kappa shape index (κ3) is 5.05. The number of anilines is 1. The molecule has 30 heavy (non-hydrogen) atoms. The third-order valence-corrected chi connectivity index (χ3v) is 4.71. The number of nitrogens with zero attached hydrogens (tertiary/aromatic N) is 4. The lowest BCUT2D eigenvalue weighted by molar-refractivity contribution is -0.154. The van der Waals surface area contributed by atoms with Gasteiger partial charge in [-0.25, -0.2) is 9.97 Å². The normalized spacial score (nSPS) is 14.1. The van der Waals surface area contributed by atoms with Gasteiger partial charge in [-0.05, 0) is 43.4 Å². The Morgan fingerprint density at radius 3 is 2.83 bits per heavy atom. The summed E-state index contributed by atoms with van der Waals surface area (Å²) in [4.78, 5) is 20.4. The highest BCUT2D eigenvalue weighted by atomic mass is 19.4. The van der Waals surface area contributed by atoms with Crippen molar-refractivity contribution in [3.05, 3.63) is 41.9 Å². The molecule has 10 heteroatoms. The molecule has 1 aliphatic rings. The first-order valence-electron chi connectivity index (χ1n) is 9.54. The second-order valence-electron chi connectivity index (χ2n) is 7.48. The monoisotopic (exact) mass is 419 g/mol. The molecule has 158 valence electrons. The Morgan fingerprint density at radius 2 is 2.13 bits per heavy atom. The average Bonchev–Trinajstić information content (AvgIpc) is 3.36. The number of fused-ring (bicyclic) bond motifs is 1. The number of rotatable bonds is 7. The summed E-state index contributed by atoms with van der Waals surface area (Å²) in [6.07, 6.45) is 3.10. The van der Waals surface area contributed by atoms with Crippen LogP contribution in [0.1, 0.15) is 30.4 Å². The van der Waals surface area contributed by atoms with Crippen molar-refractivity contribution in [3.8, 4) is 5.88 Å². The number of amides is 1.